The van der Waals surface area contributed by atoms with Crippen LogP contribution in [0.15, 0.2) is 11.8 Å². The number of carbonyl (C=O) groups is 2. The van der Waals surface area contributed by atoms with Crippen molar-refractivity contribution in [1.82, 2.24) is 5.32 Å². The molecule has 16 heteroatoms. The van der Waals surface area contributed by atoms with Gasteiger partial charge < -0.3 is 35.8 Å². The first kappa shape index (κ1) is 31.8. The van der Waals surface area contributed by atoms with Crippen molar-refractivity contribution in [2.24, 2.45) is 11.7 Å². The normalized spacial score (nSPS) is 19.9. The molecule has 0 heterocycles. The number of aliphatic hydroxyl groups is 2. The lowest BCUT2D eigenvalue weighted by molar-refractivity contribution is -0.120. The Morgan fingerprint density at radius 2 is 1.52 bits per heavy atom. The van der Waals surface area contributed by atoms with Crippen LogP contribution in [0.5, 0.6) is 0 Å². The van der Waals surface area contributed by atoms with Gasteiger partial charge in [0, 0.05) is 18.2 Å². The van der Waals surface area contributed by atoms with Gasteiger partial charge in [0.05, 0.1) is 24.7 Å². The highest BCUT2D eigenvalue weighted by molar-refractivity contribution is 7.47. The maximum atomic E-state index is 12.1. The topological polar surface area (TPSA) is 224 Å². The Morgan fingerprint density at radius 1 is 1.00 bits per heavy atom. The maximum Gasteiger partial charge on any atom is 0.472 e. The Balaban J connectivity index is 5.37. The van der Waals surface area contributed by atoms with Crippen molar-refractivity contribution < 1.29 is 56.8 Å². The smallest absolute Gasteiger partial charge is 0.401 e. The molecule has 7 N–H and O–H groups in total. The predicted molar refractivity (Wildman–Crippen MR) is 115 cm³/mol. The van der Waals surface area contributed by atoms with Crippen molar-refractivity contribution in [2.45, 2.75) is 71.7 Å². The molecule has 0 bridgehead atoms. The minimum Gasteiger partial charge on any atom is -0.401 e. The summed E-state index contributed by atoms with van der Waals surface area (Å²) in [4.78, 5) is 42.1. The number of phosphoric acid groups is 2. The zero-order valence-electron chi connectivity index (χ0n) is 19.1. The third-order valence-corrected chi connectivity index (χ3v) is 5.98. The molecule has 0 aliphatic heterocycles. The number of hydrogen-bond donors (Lipinski definition) is 6. The van der Waals surface area contributed by atoms with Crippen LogP contribution in [0.2, 0.25) is 0 Å². The van der Waals surface area contributed by atoms with Crippen LogP contribution >= 0.6 is 15.6 Å². The number of carbonyl (C=O) groups excluding carboxylic acids is 2. The van der Waals surface area contributed by atoms with Crippen LogP contribution in [0.4, 0.5) is 0 Å². The highest BCUT2D eigenvalue weighted by Crippen LogP contribution is 2.48. The molecule has 0 radical (unpaired) electrons. The molecule has 6 atom stereocenters. The van der Waals surface area contributed by atoms with E-state index in [2.05, 4.69) is 14.4 Å². The van der Waals surface area contributed by atoms with E-state index in [1.807, 2.05) is 0 Å². The zero-order valence-corrected chi connectivity index (χ0v) is 20.8. The van der Waals surface area contributed by atoms with Crippen LogP contribution in [0.1, 0.15) is 41.0 Å². The molecule has 3 unspecified atom stereocenters. The van der Waals surface area contributed by atoms with Crippen LogP contribution in [-0.2, 0) is 36.8 Å². The van der Waals surface area contributed by atoms with E-state index in [0.29, 0.717) is 6.29 Å². The van der Waals surface area contributed by atoms with Gasteiger partial charge in [0.15, 0.2) is 0 Å². The monoisotopic (exact) mass is 520 g/mol. The van der Waals surface area contributed by atoms with E-state index in [0.717, 1.165) is 6.08 Å². The molecule has 0 aromatic rings. The molecule has 14 nitrogen and oxygen atoms in total. The van der Waals surface area contributed by atoms with Gasteiger partial charge in [-0.2, -0.15) is 0 Å². The number of amides is 1. The van der Waals surface area contributed by atoms with E-state index >= 15 is 0 Å². The summed E-state index contributed by atoms with van der Waals surface area (Å²) in [5, 5.41) is 22.5. The Hall–Kier alpha value is -1.18. The minimum absolute atomic E-state index is 0.0787. The van der Waals surface area contributed by atoms with Crippen molar-refractivity contribution in [3.05, 3.63) is 11.8 Å². The zero-order chi connectivity index (χ0) is 26.0. The first-order valence-electron chi connectivity index (χ1n) is 9.92. The van der Waals surface area contributed by atoms with Crippen LogP contribution < -0.4 is 11.1 Å². The van der Waals surface area contributed by atoms with E-state index in [-0.39, 0.29) is 5.70 Å². The first-order valence-corrected chi connectivity index (χ1v) is 12.9. The van der Waals surface area contributed by atoms with Crippen molar-refractivity contribution >= 4 is 27.8 Å². The lowest BCUT2D eigenvalue weighted by Crippen LogP contribution is -2.42. The molecular formula is C17H34N2O12P2. The van der Waals surface area contributed by atoms with Crippen molar-refractivity contribution in [3.8, 4) is 0 Å². The van der Waals surface area contributed by atoms with Gasteiger partial charge in [0.1, 0.15) is 24.7 Å². The fourth-order valence-corrected chi connectivity index (χ4v) is 4.24. The highest BCUT2D eigenvalue weighted by Gasteiger charge is 2.35. The SMILES string of the molecule is CC(C)OP(=O)(O)OC[C@H](O)[C@@H](C[C@H](O)NC(=O)/C=C(/N)C(C)C=O)OP(=O)(O)OC(C)C. The van der Waals surface area contributed by atoms with E-state index in [4.69, 9.17) is 14.8 Å². The fraction of sp³-hybridized carbons (Fsp3) is 0.765. The van der Waals surface area contributed by atoms with Crippen LogP contribution in [-0.4, -0.2) is 69.4 Å². The summed E-state index contributed by atoms with van der Waals surface area (Å²) < 4.78 is 42.9. The molecule has 0 aliphatic rings. The lowest BCUT2D eigenvalue weighted by Gasteiger charge is -2.28. The van der Waals surface area contributed by atoms with Gasteiger partial charge in [-0.05, 0) is 27.7 Å². The largest absolute Gasteiger partial charge is 0.472 e. The van der Waals surface area contributed by atoms with E-state index in [1.54, 1.807) is 0 Å². The summed E-state index contributed by atoms with van der Waals surface area (Å²) in [5.74, 6) is -1.65. The minimum atomic E-state index is -4.75. The summed E-state index contributed by atoms with van der Waals surface area (Å²) in [6.07, 6.45) is -6.00. The molecule has 0 aromatic heterocycles. The molecule has 0 spiro atoms. The number of allylic oxidation sites excluding steroid dienone is 1. The molecule has 0 fully saturated rings. The van der Waals surface area contributed by atoms with Crippen molar-refractivity contribution in [1.29, 1.82) is 0 Å². The summed E-state index contributed by atoms with van der Waals surface area (Å²) in [6.45, 7) is 6.37. The standard InChI is InChI=1S/C17H34N2O12P2/c1-10(2)29-32(24,25)28-9-14(21)15(31-33(26,27)30-11(3)4)7-17(23)19-16(22)6-13(18)12(5)8-20/h6,8,10-12,14-15,17,21,23H,7,9,18H2,1-5H3,(H,19,22)(H,24,25)(H,26,27)/b13-6+/t12?,14-,15+,17-/m0/s1. The Morgan fingerprint density at radius 3 is 2.00 bits per heavy atom. The third kappa shape index (κ3) is 14.6. The quantitative estimate of drug-likeness (QED) is 0.0698. The summed E-state index contributed by atoms with van der Waals surface area (Å²) in [6, 6.07) is 0. The van der Waals surface area contributed by atoms with Crippen LogP contribution in [0, 0.1) is 5.92 Å². The van der Waals surface area contributed by atoms with Crippen LogP contribution in [0.25, 0.3) is 0 Å². The number of rotatable bonds is 16. The number of aliphatic hydroxyl groups excluding tert-OH is 2. The number of aldehydes is 1. The Kier molecular flexibility index (Phi) is 13.8. The average Bonchev–Trinajstić information content (AvgIpc) is 2.62. The molecule has 0 aromatic carbocycles. The second kappa shape index (κ2) is 14.3. The molecule has 0 rings (SSSR count). The molecule has 33 heavy (non-hydrogen) atoms. The molecule has 0 saturated carbocycles. The Bertz CT molecular complexity index is 760. The van der Waals surface area contributed by atoms with Gasteiger partial charge in [-0.15, -0.1) is 0 Å². The third-order valence-electron chi connectivity index (χ3n) is 3.59. The van der Waals surface area contributed by atoms with E-state index < -0.39 is 71.1 Å². The van der Waals surface area contributed by atoms with Gasteiger partial charge in [-0.1, -0.05) is 6.92 Å². The molecule has 0 aliphatic carbocycles. The molecule has 0 saturated heterocycles. The number of hydrogen-bond acceptors (Lipinski definition) is 11. The van der Waals surface area contributed by atoms with Gasteiger partial charge >= 0.3 is 15.6 Å². The second-order valence-electron chi connectivity index (χ2n) is 7.58. The number of phosphoric ester groups is 2. The van der Waals surface area contributed by atoms with Crippen molar-refractivity contribution in [2.75, 3.05) is 6.61 Å². The maximum absolute atomic E-state index is 12.1. The summed E-state index contributed by atoms with van der Waals surface area (Å²) in [5.41, 5.74) is 5.48. The second-order valence-corrected chi connectivity index (χ2v) is 10.3. The summed E-state index contributed by atoms with van der Waals surface area (Å²) >= 11 is 0. The first-order chi connectivity index (χ1) is 15.0. The van der Waals surface area contributed by atoms with E-state index in [1.165, 1.54) is 34.6 Å². The van der Waals surface area contributed by atoms with Gasteiger partial charge in [-0.25, -0.2) is 9.13 Å². The van der Waals surface area contributed by atoms with Crippen molar-refractivity contribution in [3.63, 3.8) is 0 Å². The predicted octanol–water partition coefficient (Wildman–Crippen LogP) is 0.302. The fourth-order valence-electron chi connectivity index (χ4n) is 2.15. The average molecular weight is 520 g/mol. The lowest BCUT2D eigenvalue weighted by atomic mass is 10.1. The van der Waals surface area contributed by atoms with Gasteiger partial charge in [0.25, 0.3) is 0 Å². The molecule has 1 amide bonds. The molecule has 194 valence electrons. The Labute approximate surface area is 192 Å². The highest BCUT2D eigenvalue weighted by atomic mass is 31.2. The van der Waals surface area contributed by atoms with Gasteiger partial charge in [0.2, 0.25) is 5.91 Å². The molecular weight excluding hydrogens is 486 g/mol. The van der Waals surface area contributed by atoms with E-state index in [9.17, 15) is 38.7 Å². The van der Waals surface area contributed by atoms with Gasteiger partial charge in [-0.3, -0.25) is 22.9 Å². The van der Waals surface area contributed by atoms with Crippen LogP contribution in [0.3, 0.4) is 0 Å². The number of nitrogens with one attached hydrogen (secondary N) is 1. The number of nitrogens with two attached hydrogens (primary N) is 1. The summed E-state index contributed by atoms with van der Waals surface area (Å²) in [7, 11) is -9.31.